The molecule has 0 atom stereocenters. The summed E-state index contributed by atoms with van der Waals surface area (Å²) in [6, 6.07) is 14.8. The maximum absolute atomic E-state index is 13.4. The van der Waals surface area contributed by atoms with Crippen molar-refractivity contribution >= 4 is 50.8 Å². The van der Waals surface area contributed by atoms with Gasteiger partial charge in [0.05, 0.1) is 0 Å². The van der Waals surface area contributed by atoms with E-state index in [-0.39, 0.29) is 11.0 Å². The first-order valence-corrected chi connectivity index (χ1v) is 10.6. The van der Waals surface area contributed by atoms with Gasteiger partial charge in [-0.25, -0.2) is 9.97 Å². The molecule has 5 nitrogen and oxygen atoms in total. The summed E-state index contributed by atoms with van der Waals surface area (Å²) in [6.45, 7) is 3.38. The monoisotopic (exact) mass is 508 g/mol. The molecule has 0 saturated heterocycles. The lowest BCUT2D eigenvalue weighted by Gasteiger charge is -2.12. The van der Waals surface area contributed by atoms with Crippen molar-refractivity contribution in [2.45, 2.75) is 17.1 Å². The topological polar surface area (TPSA) is 66.9 Å². The highest BCUT2D eigenvalue weighted by Gasteiger charge is 2.33. The Bertz CT molecular complexity index is 1090. The van der Waals surface area contributed by atoms with Gasteiger partial charge in [-0.05, 0) is 42.0 Å². The molecule has 0 spiro atoms. The number of carbonyl (C=O) groups excluding carboxylic acids is 1. The molecule has 0 bridgehead atoms. The van der Waals surface area contributed by atoms with Gasteiger partial charge in [0.2, 0.25) is 5.91 Å². The van der Waals surface area contributed by atoms with Crippen LogP contribution in [0, 0.1) is 0 Å². The first-order chi connectivity index (χ1) is 14.7. The van der Waals surface area contributed by atoms with Gasteiger partial charge in [-0.2, -0.15) is 13.2 Å². The number of nitrogens with zero attached hydrogens (tertiary/aromatic N) is 2. The Labute approximate surface area is 189 Å². The third-order valence-electron chi connectivity index (χ3n) is 3.87. The van der Waals surface area contributed by atoms with Crippen LogP contribution in [0.3, 0.4) is 0 Å². The lowest BCUT2D eigenvalue weighted by molar-refractivity contribution is -0.141. The van der Waals surface area contributed by atoms with Gasteiger partial charge in [-0.1, -0.05) is 52.5 Å². The van der Waals surface area contributed by atoms with E-state index in [2.05, 4.69) is 43.1 Å². The molecule has 0 aliphatic carbocycles. The van der Waals surface area contributed by atoms with Crippen molar-refractivity contribution in [3.8, 4) is 0 Å². The van der Waals surface area contributed by atoms with Crippen molar-refractivity contribution in [2.24, 2.45) is 0 Å². The Morgan fingerprint density at radius 2 is 1.81 bits per heavy atom. The van der Waals surface area contributed by atoms with Crippen molar-refractivity contribution in [1.82, 2.24) is 9.97 Å². The average Bonchev–Trinajstić information content (AvgIpc) is 2.73. The molecular formula is C21H16BrF3N4OS. The molecule has 31 heavy (non-hydrogen) atoms. The molecule has 3 rings (SSSR count). The van der Waals surface area contributed by atoms with Gasteiger partial charge in [0.1, 0.15) is 5.82 Å². The fraction of sp³-hybridized carbons (Fsp3) is 0.0952. The lowest BCUT2D eigenvalue weighted by atomic mass is 10.2. The van der Waals surface area contributed by atoms with E-state index >= 15 is 0 Å². The van der Waals surface area contributed by atoms with E-state index in [1.807, 2.05) is 24.3 Å². The van der Waals surface area contributed by atoms with Crippen molar-refractivity contribution < 1.29 is 18.0 Å². The second-order valence-corrected chi connectivity index (χ2v) is 8.09. The van der Waals surface area contributed by atoms with Gasteiger partial charge in [0.15, 0.2) is 10.9 Å². The number of amides is 1. The number of carbonyl (C=O) groups is 1. The van der Waals surface area contributed by atoms with E-state index in [0.29, 0.717) is 17.1 Å². The van der Waals surface area contributed by atoms with Crippen molar-refractivity contribution in [3.05, 3.63) is 83.0 Å². The number of aromatic nitrogens is 2. The summed E-state index contributed by atoms with van der Waals surface area (Å²) in [5.74, 6) is 0.00916. The van der Waals surface area contributed by atoms with Gasteiger partial charge in [-0.3, -0.25) is 4.79 Å². The highest BCUT2D eigenvalue weighted by Crippen LogP contribution is 2.32. The Kier molecular flexibility index (Phi) is 7.34. The molecule has 3 aromatic rings. The molecule has 0 aliphatic heterocycles. The van der Waals surface area contributed by atoms with Gasteiger partial charge in [-0.15, -0.1) is 0 Å². The first kappa shape index (κ1) is 22.8. The number of benzene rings is 2. The lowest BCUT2D eigenvalue weighted by Crippen LogP contribution is -2.11. The van der Waals surface area contributed by atoms with Crippen LogP contribution in [-0.2, 0) is 16.7 Å². The summed E-state index contributed by atoms with van der Waals surface area (Å²) < 4.78 is 41.0. The zero-order valence-corrected chi connectivity index (χ0v) is 18.3. The predicted octanol–water partition coefficient (Wildman–Crippen LogP) is 6.42. The molecule has 1 amide bonds. The van der Waals surface area contributed by atoms with Crippen LogP contribution < -0.4 is 10.6 Å². The van der Waals surface area contributed by atoms with Gasteiger partial charge in [0, 0.05) is 27.7 Å². The second-order valence-electron chi connectivity index (χ2n) is 6.23. The van der Waals surface area contributed by atoms with Crippen LogP contribution >= 0.6 is 27.7 Å². The fourth-order valence-electron chi connectivity index (χ4n) is 2.44. The minimum Gasteiger partial charge on any atom is -0.340 e. The smallest absolute Gasteiger partial charge is 0.340 e. The number of halogens is 4. The SMILES string of the molecule is C=CC(=O)Nc1cccc(Nc2cc(C(F)(F)F)nc(SCc3ccc(Br)cc3)n2)c1. The normalized spacial score (nSPS) is 11.1. The van der Waals surface area contributed by atoms with Crippen molar-refractivity contribution in [1.29, 1.82) is 0 Å². The van der Waals surface area contributed by atoms with Gasteiger partial charge >= 0.3 is 6.18 Å². The molecule has 160 valence electrons. The summed E-state index contributed by atoms with van der Waals surface area (Å²) in [6.07, 6.45) is -3.50. The van der Waals surface area contributed by atoms with Gasteiger partial charge in [0.25, 0.3) is 0 Å². The number of hydrogen-bond donors (Lipinski definition) is 2. The molecule has 1 heterocycles. The quantitative estimate of drug-likeness (QED) is 0.219. The maximum Gasteiger partial charge on any atom is 0.433 e. The highest BCUT2D eigenvalue weighted by atomic mass is 79.9. The maximum atomic E-state index is 13.4. The molecule has 2 N–H and O–H groups in total. The zero-order chi connectivity index (χ0) is 22.4. The summed E-state index contributed by atoms with van der Waals surface area (Å²) in [7, 11) is 0. The molecule has 2 aromatic carbocycles. The van der Waals surface area contributed by atoms with E-state index in [4.69, 9.17) is 0 Å². The van der Waals surface area contributed by atoms with Crippen molar-refractivity contribution in [2.75, 3.05) is 10.6 Å². The van der Waals surface area contributed by atoms with E-state index in [1.165, 1.54) is 0 Å². The van der Waals surface area contributed by atoms with E-state index in [1.54, 1.807) is 24.3 Å². The molecule has 0 unspecified atom stereocenters. The standard InChI is InChI=1S/C21H16BrF3N4OS/c1-2-19(30)27-16-5-3-4-15(10-16)26-18-11-17(21(23,24)25)28-20(29-18)31-12-13-6-8-14(22)9-7-13/h2-11H,1,12H2,(H,27,30)(H,26,28,29). The summed E-state index contributed by atoms with van der Waals surface area (Å²) in [5.41, 5.74) is 0.802. The number of anilines is 3. The number of thioether (sulfide) groups is 1. The van der Waals surface area contributed by atoms with E-state index in [9.17, 15) is 18.0 Å². The van der Waals surface area contributed by atoms with Gasteiger partial charge < -0.3 is 10.6 Å². The van der Waals surface area contributed by atoms with Crippen LogP contribution in [0.25, 0.3) is 0 Å². The molecule has 0 radical (unpaired) electrons. The Morgan fingerprint density at radius 3 is 2.48 bits per heavy atom. The second kappa shape index (κ2) is 9.97. The highest BCUT2D eigenvalue weighted by molar-refractivity contribution is 9.10. The zero-order valence-electron chi connectivity index (χ0n) is 15.9. The molecule has 1 aromatic heterocycles. The number of alkyl halides is 3. The minimum absolute atomic E-state index is 0.00337. The predicted molar refractivity (Wildman–Crippen MR) is 119 cm³/mol. The van der Waals surface area contributed by atoms with Crippen LogP contribution in [0.4, 0.5) is 30.4 Å². The fourth-order valence-corrected chi connectivity index (χ4v) is 3.52. The molecular weight excluding hydrogens is 493 g/mol. The minimum atomic E-state index is -4.62. The Hall–Kier alpha value is -2.85. The van der Waals surface area contributed by atoms with Crippen LogP contribution in [0.2, 0.25) is 0 Å². The van der Waals surface area contributed by atoms with Crippen LogP contribution in [0.15, 0.2) is 76.9 Å². The molecule has 0 aliphatic rings. The third kappa shape index (κ3) is 6.83. The Morgan fingerprint density at radius 1 is 1.10 bits per heavy atom. The van der Waals surface area contributed by atoms with E-state index in [0.717, 1.165) is 33.9 Å². The summed E-state index contributed by atoms with van der Waals surface area (Å²) in [5, 5.41) is 5.43. The molecule has 0 saturated carbocycles. The number of rotatable bonds is 7. The van der Waals surface area contributed by atoms with Crippen molar-refractivity contribution in [3.63, 3.8) is 0 Å². The average molecular weight is 509 g/mol. The van der Waals surface area contributed by atoms with E-state index < -0.39 is 17.8 Å². The molecule has 0 fully saturated rings. The largest absolute Gasteiger partial charge is 0.433 e. The number of hydrogen-bond acceptors (Lipinski definition) is 5. The third-order valence-corrected chi connectivity index (χ3v) is 5.31. The summed E-state index contributed by atoms with van der Waals surface area (Å²) in [4.78, 5) is 19.3. The molecule has 10 heteroatoms. The van der Waals surface area contributed by atoms with Crippen LogP contribution in [-0.4, -0.2) is 15.9 Å². The number of nitrogens with one attached hydrogen (secondary N) is 2. The first-order valence-electron chi connectivity index (χ1n) is 8.87. The van der Waals surface area contributed by atoms with Crippen LogP contribution in [0.1, 0.15) is 11.3 Å². The van der Waals surface area contributed by atoms with Crippen LogP contribution in [0.5, 0.6) is 0 Å². The summed E-state index contributed by atoms with van der Waals surface area (Å²) >= 11 is 4.45. The Balaban J connectivity index is 1.83.